The number of hydrogen-bond donors (Lipinski definition) is 3. The molecule has 2 atom stereocenters. The van der Waals surface area contributed by atoms with E-state index in [-0.39, 0.29) is 17.4 Å². The lowest BCUT2D eigenvalue weighted by atomic mass is 9.86. The van der Waals surface area contributed by atoms with E-state index < -0.39 is 0 Å². The summed E-state index contributed by atoms with van der Waals surface area (Å²) in [6.07, 6.45) is 1.74. The topological polar surface area (TPSA) is 91.9 Å². The molecule has 0 unspecified atom stereocenters. The summed E-state index contributed by atoms with van der Waals surface area (Å²) in [5, 5.41) is 6.60. The standard InChI is InChI=1S/C21H23N5O2/c1-28-16-7-4-5-14(9-16)17-12-22-13-18(17)19-10-20(27)26-21(25-19)24-11-15-6-2-3-8-23-15/h2-10,17-18,22H,11-13H2,1H3,(H2,24,25,26,27)/t17-,18+/m0/s1. The fraction of sp³-hybridized carbons (Fsp3) is 0.286. The molecule has 0 bridgehead atoms. The molecule has 1 fully saturated rings. The van der Waals surface area contributed by atoms with E-state index in [9.17, 15) is 4.79 Å². The molecular weight excluding hydrogens is 354 g/mol. The first-order valence-electron chi connectivity index (χ1n) is 9.32. The van der Waals surface area contributed by atoms with Crippen LogP contribution < -0.4 is 20.9 Å². The van der Waals surface area contributed by atoms with Crippen LogP contribution in [0.25, 0.3) is 0 Å². The van der Waals surface area contributed by atoms with E-state index in [0.717, 1.165) is 30.2 Å². The number of pyridine rings is 1. The van der Waals surface area contributed by atoms with Crippen LogP contribution in [-0.4, -0.2) is 35.2 Å². The first-order valence-corrected chi connectivity index (χ1v) is 9.32. The van der Waals surface area contributed by atoms with Crippen molar-refractivity contribution in [3.63, 3.8) is 0 Å². The summed E-state index contributed by atoms with van der Waals surface area (Å²) in [6, 6.07) is 15.4. The summed E-state index contributed by atoms with van der Waals surface area (Å²) >= 11 is 0. The highest BCUT2D eigenvalue weighted by Gasteiger charge is 2.31. The molecule has 144 valence electrons. The van der Waals surface area contributed by atoms with Crippen LogP contribution in [0.1, 0.15) is 28.8 Å². The van der Waals surface area contributed by atoms with Gasteiger partial charge < -0.3 is 15.4 Å². The summed E-state index contributed by atoms with van der Waals surface area (Å²) in [5.41, 5.74) is 2.68. The molecule has 0 spiro atoms. The Morgan fingerprint density at radius 2 is 2.04 bits per heavy atom. The van der Waals surface area contributed by atoms with Gasteiger partial charge in [-0.2, -0.15) is 0 Å². The SMILES string of the molecule is COc1cccc([C@@H]2CNC[C@H]2c2cc(=O)[nH]c(NCc3ccccn3)n2)c1. The second-order valence-electron chi connectivity index (χ2n) is 6.84. The van der Waals surface area contributed by atoms with Crippen molar-refractivity contribution >= 4 is 5.95 Å². The number of ether oxygens (including phenoxy) is 1. The molecule has 4 rings (SSSR count). The zero-order valence-electron chi connectivity index (χ0n) is 15.7. The number of benzene rings is 1. The Morgan fingerprint density at radius 3 is 2.86 bits per heavy atom. The van der Waals surface area contributed by atoms with Crippen molar-refractivity contribution in [3.05, 3.63) is 82.0 Å². The molecule has 2 aromatic heterocycles. The number of hydrogen-bond acceptors (Lipinski definition) is 6. The second-order valence-corrected chi connectivity index (χ2v) is 6.84. The number of aromatic nitrogens is 3. The van der Waals surface area contributed by atoms with E-state index in [1.54, 1.807) is 19.4 Å². The predicted molar refractivity (Wildman–Crippen MR) is 108 cm³/mol. The van der Waals surface area contributed by atoms with Crippen LogP contribution in [0.5, 0.6) is 5.75 Å². The monoisotopic (exact) mass is 377 g/mol. The first-order chi connectivity index (χ1) is 13.7. The van der Waals surface area contributed by atoms with Crippen LogP contribution in [0.15, 0.2) is 59.5 Å². The van der Waals surface area contributed by atoms with Gasteiger partial charge in [-0.25, -0.2) is 4.98 Å². The van der Waals surface area contributed by atoms with Gasteiger partial charge in [-0.05, 0) is 29.8 Å². The molecule has 3 heterocycles. The fourth-order valence-corrected chi connectivity index (χ4v) is 3.64. The summed E-state index contributed by atoms with van der Waals surface area (Å²) in [7, 11) is 1.67. The van der Waals surface area contributed by atoms with Gasteiger partial charge in [0.2, 0.25) is 5.95 Å². The minimum Gasteiger partial charge on any atom is -0.497 e. The smallest absolute Gasteiger partial charge is 0.252 e. The largest absolute Gasteiger partial charge is 0.497 e. The average Bonchev–Trinajstić information content (AvgIpc) is 3.23. The summed E-state index contributed by atoms with van der Waals surface area (Å²) in [6.45, 7) is 2.11. The van der Waals surface area contributed by atoms with Crippen molar-refractivity contribution in [2.75, 3.05) is 25.5 Å². The summed E-state index contributed by atoms with van der Waals surface area (Å²) in [4.78, 5) is 24.0. The Morgan fingerprint density at radius 1 is 1.14 bits per heavy atom. The van der Waals surface area contributed by atoms with Crippen molar-refractivity contribution in [2.24, 2.45) is 0 Å². The van der Waals surface area contributed by atoms with Crippen molar-refractivity contribution in [1.29, 1.82) is 0 Å². The van der Waals surface area contributed by atoms with E-state index in [1.165, 1.54) is 5.56 Å². The van der Waals surface area contributed by atoms with Gasteiger partial charge in [-0.3, -0.25) is 14.8 Å². The molecule has 0 radical (unpaired) electrons. The maximum atomic E-state index is 12.2. The van der Waals surface area contributed by atoms with Gasteiger partial charge in [0, 0.05) is 37.2 Å². The van der Waals surface area contributed by atoms with Crippen LogP contribution in [0.2, 0.25) is 0 Å². The molecular formula is C21H23N5O2. The number of aromatic amines is 1. The zero-order chi connectivity index (χ0) is 19.3. The normalized spacial score (nSPS) is 18.8. The number of anilines is 1. The average molecular weight is 377 g/mol. The quantitative estimate of drug-likeness (QED) is 0.610. The molecule has 3 N–H and O–H groups in total. The van der Waals surface area contributed by atoms with Crippen LogP contribution in [0.3, 0.4) is 0 Å². The molecule has 28 heavy (non-hydrogen) atoms. The molecule has 7 heteroatoms. The number of nitrogens with one attached hydrogen (secondary N) is 3. The lowest BCUT2D eigenvalue weighted by molar-refractivity contribution is 0.413. The van der Waals surface area contributed by atoms with E-state index in [1.807, 2.05) is 30.3 Å². The van der Waals surface area contributed by atoms with E-state index >= 15 is 0 Å². The summed E-state index contributed by atoms with van der Waals surface area (Å²) < 4.78 is 5.36. The van der Waals surface area contributed by atoms with Crippen molar-refractivity contribution in [1.82, 2.24) is 20.3 Å². The van der Waals surface area contributed by atoms with Crippen molar-refractivity contribution < 1.29 is 4.74 Å². The number of rotatable bonds is 6. The van der Waals surface area contributed by atoms with Gasteiger partial charge in [-0.1, -0.05) is 18.2 Å². The Bertz CT molecular complexity index is 989. The zero-order valence-corrected chi connectivity index (χ0v) is 15.7. The van der Waals surface area contributed by atoms with Gasteiger partial charge >= 0.3 is 0 Å². The van der Waals surface area contributed by atoms with Gasteiger partial charge in [-0.15, -0.1) is 0 Å². The van der Waals surface area contributed by atoms with Gasteiger partial charge in [0.1, 0.15) is 5.75 Å². The Balaban J connectivity index is 1.57. The van der Waals surface area contributed by atoms with E-state index in [4.69, 9.17) is 4.74 Å². The molecule has 7 nitrogen and oxygen atoms in total. The maximum Gasteiger partial charge on any atom is 0.252 e. The highest BCUT2D eigenvalue weighted by molar-refractivity contribution is 5.36. The number of nitrogens with zero attached hydrogens (tertiary/aromatic N) is 2. The molecule has 3 aromatic rings. The molecule has 1 aromatic carbocycles. The third-order valence-electron chi connectivity index (χ3n) is 5.04. The molecule has 1 saturated heterocycles. The molecule has 0 amide bonds. The number of H-pyrrole nitrogens is 1. The van der Waals surface area contributed by atoms with Gasteiger partial charge in [0.15, 0.2) is 0 Å². The molecule has 1 aliphatic rings. The third-order valence-corrected chi connectivity index (χ3v) is 5.04. The molecule has 1 aliphatic heterocycles. The summed E-state index contributed by atoms with van der Waals surface area (Å²) in [5.74, 6) is 1.64. The molecule has 0 aliphatic carbocycles. The Labute approximate surface area is 163 Å². The first kappa shape index (κ1) is 18.2. The minimum atomic E-state index is -0.162. The van der Waals surface area contributed by atoms with E-state index in [2.05, 4.69) is 37.7 Å². The van der Waals surface area contributed by atoms with Crippen molar-refractivity contribution in [3.8, 4) is 5.75 Å². The Hall–Kier alpha value is -3.19. The van der Waals surface area contributed by atoms with Gasteiger partial charge in [0.25, 0.3) is 5.56 Å². The third kappa shape index (κ3) is 4.04. The minimum absolute atomic E-state index is 0.116. The Kier molecular flexibility index (Phi) is 5.34. The molecule has 0 saturated carbocycles. The fourth-order valence-electron chi connectivity index (χ4n) is 3.64. The lowest BCUT2D eigenvalue weighted by Crippen LogP contribution is -2.19. The number of methoxy groups -OCH3 is 1. The van der Waals surface area contributed by atoms with Crippen LogP contribution in [0.4, 0.5) is 5.95 Å². The highest BCUT2D eigenvalue weighted by Crippen LogP contribution is 2.36. The van der Waals surface area contributed by atoms with Gasteiger partial charge in [0.05, 0.1) is 25.0 Å². The van der Waals surface area contributed by atoms with Crippen LogP contribution in [-0.2, 0) is 6.54 Å². The predicted octanol–water partition coefficient (Wildman–Crippen LogP) is 2.26. The van der Waals surface area contributed by atoms with Crippen LogP contribution in [0, 0.1) is 0 Å². The van der Waals surface area contributed by atoms with E-state index in [0.29, 0.717) is 12.5 Å². The maximum absolute atomic E-state index is 12.2. The lowest BCUT2D eigenvalue weighted by Gasteiger charge is -2.19. The van der Waals surface area contributed by atoms with Crippen LogP contribution >= 0.6 is 0 Å². The van der Waals surface area contributed by atoms with Crippen molar-refractivity contribution in [2.45, 2.75) is 18.4 Å². The second kappa shape index (κ2) is 8.22. The highest BCUT2D eigenvalue weighted by atomic mass is 16.5.